The van der Waals surface area contributed by atoms with Crippen LogP contribution >= 0.6 is 104 Å². The largest absolute Gasteiger partial charge is 0.302 e. The van der Waals surface area contributed by atoms with E-state index in [1.807, 2.05) is 0 Å². The number of hydrazine groups is 2. The van der Waals surface area contributed by atoms with Gasteiger partial charge in [0.05, 0.1) is 11.7 Å². The van der Waals surface area contributed by atoms with E-state index in [-0.39, 0.29) is 5.70 Å². The normalized spacial score (nSPS) is 23.6. The maximum atomic E-state index is 5.75. The number of hydrogen-bond acceptors (Lipinski definition) is 3. The number of halogens is 9. The molecule has 1 rings (SSSR count). The maximum Gasteiger partial charge on any atom is 0.277 e. The zero-order chi connectivity index (χ0) is 14.4. The van der Waals surface area contributed by atoms with E-state index in [0.717, 1.165) is 5.12 Å². The van der Waals surface area contributed by atoms with Crippen molar-refractivity contribution in [1.29, 1.82) is 0 Å². The van der Waals surface area contributed by atoms with Gasteiger partial charge in [-0.2, -0.15) is 0 Å². The number of rotatable bonds is 0. The van der Waals surface area contributed by atoms with Crippen LogP contribution in [-0.2, 0) is 0 Å². The Morgan fingerprint density at radius 3 is 1.78 bits per heavy atom. The number of hydrogen-bond donors (Lipinski definition) is 2. The monoisotopic (exact) mass is 433 g/mol. The lowest BCUT2D eigenvalue weighted by Gasteiger charge is -2.41. The first-order valence-corrected chi connectivity index (χ1v) is 7.47. The van der Waals surface area contributed by atoms with Crippen molar-refractivity contribution in [3.05, 3.63) is 11.8 Å². The predicted molar refractivity (Wildman–Crippen MR) is 80.9 cm³/mol. The molecule has 0 saturated heterocycles. The van der Waals surface area contributed by atoms with E-state index < -0.39 is 17.5 Å². The van der Waals surface area contributed by atoms with Gasteiger partial charge in [0.1, 0.15) is 0 Å². The van der Waals surface area contributed by atoms with Crippen LogP contribution in [0.15, 0.2) is 11.8 Å². The smallest absolute Gasteiger partial charge is 0.277 e. The summed E-state index contributed by atoms with van der Waals surface area (Å²) in [4.78, 5) is 0. The first-order chi connectivity index (χ1) is 7.82. The molecule has 1 aliphatic heterocycles. The fraction of sp³-hybridized carbons (Fsp3) is 0.667. The third-order valence-electron chi connectivity index (χ3n) is 1.75. The van der Waals surface area contributed by atoms with Crippen LogP contribution in [-0.4, -0.2) is 22.7 Å². The maximum absolute atomic E-state index is 5.75. The second-order valence-corrected chi connectivity index (χ2v) is 10.0. The molecule has 1 unspecified atom stereocenters. The van der Waals surface area contributed by atoms with Crippen molar-refractivity contribution in [3.63, 3.8) is 0 Å². The van der Waals surface area contributed by atoms with Crippen LogP contribution in [0.1, 0.15) is 0 Å². The van der Waals surface area contributed by atoms with Crippen LogP contribution in [0.5, 0.6) is 0 Å². The quantitative estimate of drug-likeness (QED) is 0.428. The molecule has 1 aliphatic rings. The van der Waals surface area contributed by atoms with Crippen molar-refractivity contribution >= 4 is 104 Å². The van der Waals surface area contributed by atoms with Gasteiger partial charge in [-0.15, -0.1) is 5.12 Å². The predicted octanol–water partition coefficient (Wildman–Crippen LogP) is 4.63. The number of nitrogens with zero attached hydrogens (tertiary/aromatic N) is 1. The molecule has 106 valence electrons. The fourth-order valence-corrected chi connectivity index (χ4v) is 1.92. The van der Waals surface area contributed by atoms with E-state index in [1.54, 1.807) is 0 Å². The lowest BCUT2D eigenvalue weighted by atomic mass is 10.2. The zero-order valence-corrected chi connectivity index (χ0v) is 14.8. The van der Waals surface area contributed by atoms with Crippen molar-refractivity contribution in [3.8, 4) is 0 Å². The van der Waals surface area contributed by atoms with Crippen LogP contribution in [0.25, 0.3) is 0 Å². The van der Waals surface area contributed by atoms with E-state index >= 15 is 0 Å². The number of alkyl halides is 9. The molecule has 2 N–H and O–H groups in total. The Bertz CT molecular complexity index is 338. The molecule has 0 aromatic rings. The summed E-state index contributed by atoms with van der Waals surface area (Å²) in [6.07, 6.45) is 1.37. The second-order valence-electron chi connectivity index (χ2n) is 3.14. The molecule has 0 radical (unpaired) electrons. The topological polar surface area (TPSA) is 27.3 Å². The highest BCUT2D eigenvalue weighted by Crippen LogP contribution is 2.41. The second kappa shape index (κ2) is 6.05. The van der Waals surface area contributed by atoms with E-state index in [2.05, 4.69) is 10.9 Å². The SMILES string of the molecule is ClC(Cl)(Cl)C1=CC(C(Cl)(Cl)Cl)NN(C(Cl)(Cl)Cl)N1. The van der Waals surface area contributed by atoms with Gasteiger partial charge in [0.15, 0.2) is 0 Å². The Labute approximate surface area is 148 Å². The zero-order valence-electron chi connectivity index (χ0n) is 8.00. The summed E-state index contributed by atoms with van der Waals surface area (Å²) in [5.41, 5.74) is 5.24. The molecule has 0 aliphatic carbocycles. The van der Waals surface area contributed by atoms with Crippen molar-refractivity contribution in [2.75, 3.05) is 0 Å². The van der Waals surface area contributed by atoms with E-state index in [0.29, 0.717) is 0 Å². The minimum Gasteiger partial charge on any atom is -0.302 e. The van der Waals surface area contributed by atoms with E-state index in [4.69, 9.17) is 104 Å². The van der Waals surface area contributed by atoms with Crippen LogP contribution in [0.2, 0.25) is 0 Å². The van der Waals surface area contributed by atoms with Gasteiger partial charge < -0.3 is 5.43 Å². The summed E-state index contributed by atoms with van der Waals surface area (Å²) in [6.45, 7) is 0. The van der Waals surface area contributed by atoms with Crippen molar-refractivity contribution in [1.82, 2.24) is 16.0 Å². The third kappa shape index (κ3) is 5.12. The van der Waals surface area contributed by atoms with Crippen molar-refractivity contribution in [2.24, 2.45) is 0 Å². The van der Waals surface area contributed by atoms with Crippen molar-refractivity contribution in [2.45, 2.75) is 17.5 Å². The molecule has 3 nitrogen and oxygen atoms in total. The Morgan fingerprint density at radius 1 is 0.944 bits per heavy atom. The molecule has 1 heterocycles. The highest BCUT2D eigenvalue weighted by molar-refractivity contribution is 6.70. The molecule has 0 aromatic carbocycles. The lowest BCUT2D eigenvalue weighted by Crippen LogP contribution is -2.63. The standard InChI is InChI=1S/C6H4Cl9N3/c7-4(8,9)2-1-3(5(10,11)12)17-18(16-2)6(13,14)15/h1-2,16-17H. The molecule has 0 spiro atoms. The number of nitrogens with one attached hydrogen (secondary N) is 2. The molecule has 0 aromatic heterocycles. The van der Waals surface area contributed by atoms with Gasteiger partial charge in [0, 0.05) is 0 Å². The molecular formula is C6H4Cl9N3. The van der Waals surface area contributed by atoms with E-state index in [9.17, 15) is 0 Å². The molecule has 18 heavy (non-hydrogen) atoms. The Hall–Kier alpha value is 2.07. The Kier molecular flexibility index (Phi) is 6.09. The van der Waals surface area contributed by atoms with Crippen LogP contribution < -0.4 is 10.9 Å². The van der Waals surface area contributed by atoms with Gasteiger partial charge in [-0.25, -0.2) is 5.43 Å². The first-order valence-electron chi connectivity index (χ1n) is 4.07. The first kappa shape index (κ1) is 18.1. The number of allylic oxidation sites excluding steroid dienone is 1. The van der Waals surface area contributed by atoms with Gasteiger partial charge in [0.2, 0.25) is 7.59 Å². The summed E-state index contributed by atoms with van der Waals surface area (Å²) in [7, 11) is 0. The Morgan fingerprint density at radius 2 is 1.44 bits per heavy atom. The van der Waals surface area contributed by atoms with Crippen molar-refractivity contribution < 1.29 is 0 Å². The molecule has 0 amide bonds. The minimum absolute atomic E-state index is 0.0777. The average molecular weight is 437 g/mol. The summed E-state index contributed by atoms with van der Waals surface area (Å²) in [6, 6.07) is -0.870. The summed E-state index contributed by atoms with van der Waals surface area (Å²) in [5, 5.41) is 0.932. The summed E-state index contributed by atoms with van der Waals surface area (Å²) < 4.78 is -5.44. The summed E-state index contributed by atoms with van der Waals surface area (Å²) in [5.74, 6) is 0. The fourth-order valence-electron chi connectivity index (χ4n) is 0.995. The third-order valence-corrected chi connectivity index (χ3v) is 3.57. The highest BCUT2D eigenvalue weighted by Gasteiger charge is 2.44. The van der Waals surface area contributed by atoms with Gasteiger partial charge in [-0.3, -0.25) is 0 Å². The molecule has 1 atom stereocenters. The molecule has 0 fully saturated rings. The Balaban J connectivity index is 3.08. The summed E-state index contributed by atoms with van der Waals surface area (Å²) >= 11 is 51.5. The molecule has 0 bridgehead atoms. The van der Waals surface area contributed by atoms with Gasteiger partial charge in [-0.05, 0) is 6.08 Å². The molecule has 0 saturated carbocycles. The molecular weight excluding hydrogens is 433 g/mol. The average Bonchev–Trinajstić information content (AvgIpc) is 2.13. The lowest BCUT2D eigenvalue weighted by molar-refractivity contribution is 0.0997. The van der Waals surface area contributed by atoms with Gasteiger partial charge >= 0.3 is 0 Å². The molecule has 12 heteroatoms. The van der Waals surface area contributed by atoms with Crippen LogP contribution in [0.4, 0.5) is 0 Å². The van der Waals surface area contributed by atoms with Gasteiger partial charge in [-0.1, -0.05) is 104 Å². The van der Waals surface area contributed by atoms with Crippen LogP contribution in [0.3, 0.4) is 0 Å². The van der Waals surface area contributed by atoms with E-state index in [1.165, 1.54) is 6.08 Å². The highest BCUT2D eigenvalue weighted by atomic mass is 35.6. The van der Waals surface area contributed by atoms with Gasteiger partial charge in [0.25, 0.3) is 3.92 Å². The van der Waals surface area contributed by atoms with Crippen LogP contribution in [0, 0.1) is 0 Å². The minimum atomic E-state index is -1.90.